The number of nitrogens with zero attached hydrogens (tertiary/aromatic N) is 2. The van der Waals surface area contributed by atoms with E-state index in [2.05, 4.69) is 10.2 Å². The number of carboxylic acid groups (broad SMARTS) is 1. The van der Waals surface area contributed by atoms with E-state index in [-0.39, 0.29) is 21.8 Å². The van der Waals surface area contributed by atoms with E-state index in [0.29, 0.717) is 16.5 Å². The van der Waals surface area contributed by atoms with Crippen LogP contribution in [0.4, 0.5) is 17.1 Å². The molecule has 3 aromatic rings. The molecule has 0 aromatic heterocycles. The summed E-state index contributed by atoms with van der Waals surface area (Å²) in [7, 11) is -4.39. The summed E-state index contributed by atoms with van der Waals surface area (Å²) < 4.78 is 31.8. The van der Waals surface area contributed by atoms with Gasteiger partial charge < -0.3 is 15.9 Å². The van der Waals surface area contributed by atoms with Gasteiger partial charge in [-0.05, 0) is 42.5 Å². The zero-order valence-electron chi connectivity index (χ0n) is 13.6. The lowest BCUT2D eigenvalue weighted by Gasteiger charge is -2.06. The molecule has 0 aliphatic rings. The Morgan fingerprint density at radius 3 is 2.37 bits per heavy atom. The molecule has 3 aromatic carbocycles. The van der Waals surface area contributed by atoms with Crippen LogP contribution in [0, 0.1) is 0 Å². The molecule has 0 atom stereocenters. The average molecular weight is 387 g/mol. The number of anilines is 1. The number of benzene rings is 3. The van der Waals surface area contributed by atoms with Crippen LogP contribution in [0.5, 0.6) is 5.75 Å². The fourth-order valence-electron chi connectivity index (χ4n) is 2.45. The van der Waals surface area contributed by atoms with Crippen molar-refractivity contribution in [2.45, 2.75) is 4.90 Å². The number of rotatable bonds is 4. The smallest absolute Gasteiger partial charge is 0.339 e. The van der Waals surface area contributed by atoms with Crippen LogP contribution in [0.2, 0.25) is 0 Å². The monoisotopic (exact) mass is 387 g/mol. The Hall–Kier alpha value is -3.50. The molecule has 0 spiro atoms. The molecular formula is C17H13N3O6S. The molecule has 0 fully saturated rings. The molecule has 0 unspecified atom stereocenters. The largest absolute Gasteiger partial charge is 0.507 e. The van der Waals surface area contributed by atoms with Crippen molar-refractivity contribution in [2.24, 2.45) is 10.2 Å². The molecule has 9 nitrogen and oxygen atoms in total. The van der Waals surface area contributed by atoms with Crippen molar-refractivity contribution in [3.63, 3.8) is 0 Å². The predicted molar refractivity (Wildman–Crippen MR) is 97.4 cm³/mol. The summed E-state index contributed by atoms with van der Waals surface area (Å²) in [5.41, 5.74) is 6.40. The van der Waals surface area contributed by atoms with E-state index in [1.165, 1.54) is 36.4 Å². The molecule has 138 valence electrons. The van der Waals surface area contributed by atoms with Gasteiger partial charge in [-0.25, -0.2) is 4.79 Å². The third-order valence-corrected chi connectivity index (χ3v) is 4.63. The first kappa shape index (κ1) is 18.3. The SMILES string of the molecule is Nc1ccc(N=Nc2ccc(O)c(C(=O)O)c2)c2ccc(S(=O)(=O)O)cc12. The van der Waals surface area contributed by atoms with Crippen molar-refractivity contribution in [3.8, 4) is 5.75 Å². The van der Waals surface area contributed by atoms with E-state index < -0.39 is 21.8 Å². The Bertz CT molecular complexity index is 1200. The summed E-state index contributed by atoms with van der Waals surface area (Å²) in [5.74, 6) is -1.70. The van der Waals surface area contributed by atoms with Gasteiger partial charge in [0.25, 0.3) is 10.1 Å². The Morgan fingerprint density at radius 1 is 0.963 bits per heavy atom. The Morgan fingerprint density at radius 2 is 1.70 bits per heavy atom. The molecule has 0 radical (unpaired) electrons. The van der Waals surface area contributed by atoms with Gasteiger partial charge in [-0.1, -0.05) is 6.07 Å². The number of nitrogens with two attached hydrogens (primary N) is 1. The van der Waals surface area contributed by atoms with Crippen LogP contribution >= 0.6 is 0 Å². The van der Waals surface area contributed by atoms with Crippen molar-refractivity contribution >= 4 is 43.9 Å². The van der Waals surface area contributed by atoms with Crippen LogP contribution < -0.4 is 5.73 Å². The lowest BCUT2D eigenvalue weighted by atomic mass is 10.1. The first-order valence-corrected chi connectivity index (χ1v) is 8.88. The number of hydrogen-bond donors (Lipinski definition) is 4. The molecule has 0 aliphatic heterocycles. The van der Waals surface area contributed by atoms with E-state index in [4.69, 9.17) is 10.8 Å². The Kier molecular flexibility index (Phi) is 4.52. The molecular weight excluding hydrogens is 374 g/mol. The first-order valence-electron chi connectivity index (χ1n) is 7.44. The van der Waals surface area contributed by atoms with E-state index in [9.17, 15) is 22.9 Å². The van der Waals surface area contributed by atoms with Crippen LogP contribution in [0.3, 0.4) is 0 Å². The van der Waals surface area contributed by atoms with Crippen molar-refractivity contribution < 1.29 is 28.0 Å². The minimum absolute atomic E-state index is 0.199. The van der Waals surface area contributed by atoms with Gasteiger partial charge in [0.2, 0.25) is 0 Å². The van der Waals surface area contributed by atoms with Crippen molar-refractivity contribution in [1.29, 1.82) is 0 Å². The van der Waals surface area contributed by atoms with Gasteiger partial charge in [-0.3, -0.25) is 4.55 Å². The lowest BCUT2D eigenvalue weighted by Crippen LogP contribution is -1.98. The van der Waals surface area contributed by atoms with Crippen molar-refractivity contribution in [1.82, 2.24) is 0 Å². The minimum atomic E-state index is -4.39. The van der Waals surface area contributed by atoms with Gasteiger partial charge in [0.15, 0.2) is 0 Å². The third kappa shape index (κ3) is 3.71. The maximum absolute atomic E-state index is 11.3. The number of aromatic carboxylic acids is 1. The number of hydrogen-bond acceptors (Lipinski definition) is 7. The molecule has 3 rings (SSSR count). The molecule has 0 saturated carbocycles. The standard InChI is InChI=1S/C17H13N3O6S/c18-14-4-5-15(11-3-2-10(8-12(11)14)27(24,25)26)20-19-9-1-6-16(21)13(7-9)17(22)23/h1-8,21H,18H2,(H,22,23)(H,24,25,26). The second kappa shape index (κ2) is 6.67. The number of carboxylic acids is 1. The van der Waals surface area contributed by atoms with Crippen LogP contribution in [0.15, 0.2) is 63.7 Å². The van der Waals surface area contributed by atoms with Crippen LogP contribution in [0.25, 0.3) is 10.8 Å². The number of nitrogen functional groups attached to an aromatic ring is 1. The summed E-state index contributed by atoms with van der Waals surface area (Å²) >= 11 is 0. The topological polar surface area (TPSA) is 163 Å². The summed E-state index contributed by atoms with van der Waals surface area (Å²) in [4.78, 5) is 10.8. The van der Waals surface area contributed by atoms with Gasteiger partial charge in [0.1, 0.15) is 11.3 Å². The fraction of sp³-hybridized carbons (Fsp3) is 0. The van der Waals surface area contributed by atoms with Crippen LogP contribution in [0.1, 0.15) is 10.4 Å². The number of azo groups is 1. The highest BCUT2D eigenvalue weighted by atomic mass is 32.2. The number of aromatic hydroxyl groups is 1. The molecule has 0 bridgehead atoms. The summed E-state index contributed by atoms with van der Waals surface area (Å²) in [6.45, 7) is 0. The number of fused-ring (bicyclic) bond motifs is 1. The van der Waals surface area contributed by atoms with Crippen LogP contribution in [-0.4, -0.2) is 29.2 Å². The second-order valence-corrected chi connectivity index (χ2v) is 6.98. The summed E-state index contributed by atoms with van der Waals surface area (Å²) in [6, 6.07) is 10.7. The zero-order valence-corrected chi connectivity index (χ0v) is 14.4. The number of phenols is 1. The van der Waals surface area contributed by atoms with Gasteiger partial charge >= 0.3 is 5.97 Å². The zero-order chi connectivity index (χ0) is 19.8. The van der Waals surface area contributed by atoms with E-state index in [0.717, 1.165) is 6.07 Å². The van der Waals surface area contributed by atoms with Crippen LogP contribution in [-0.2, 0) is 10.1 Å². The maximum Gasteiger partial charge on any atom is 0.339 e. The number of carbonyl (C=O) groups is 1. The van der Waals surface area contributed by atoms with Gasteiger partial charge in [0, 0.05) is 16.5 Å². The van der Waals surface area contributed by atoms with E-state index in [1.54, 1.807) is 6.07 Å². The predicted octanol–water partition coefficient (Wildman–Crippen LogP) is 3.49. The molecule has 10 heteroatoms. The highest BCUT2D eigenvalue weighted by Crippen LogP contribution is 2.33. The highest BCUT2D eigenvalue weighted by Gasteiger charge is 2.13. The normalized spacial score (nSPS) is 11.9. The Labute approximate surface area is 153 Å². The van der Waals surface area contributed by atoms with Gasteiger partial charge in [0.05, 0.1) is 16.3 Å². The van der Waals surface area contributed by atoms with E-state index >= 15 is 0 Å². The maximum atomic E-state index is 11.3. The average Bonchev–Trinajstić information content (AvgIpc) is 2.61. The fourth-order valence-corrected chi connectivity index (χ4v) is 2.96. The highest BCUT2D eigenvalue weighted by molar-refractivity contribution is 7.85. The van der Waals surface area contributed by atoms with Crippen molar-refractivity contribution in [2.75, 3.05) is 5.73 Å². The molecule has 0 saturated heterocycles. The van der Waals surface area contributed by atoms with E-state index in [1.807, 2.05) is 0 Å². The second-order valence-electron chi connectivity index (χ2n) is 5.56. The summed E-state index contributed by atoms with van der Waals surface area (Å²) in [5, 5.41) is 27.4. The lowest BCUT2D eigenvalue weighted by molar-refractivity contribution is 0.0693. The molecule has 0 aliphatic carbocycles. The minimum Gasteiger partial charge on any atom is -0.507 e. The van der Waals surface area contributed by atoms with Gasteiger partial charge in [-0.15, -0.1) is 5.11 Å². The first-order chi connectivity index (χ1) is 12.7. The molecule has 0 amide bonds. The third-order valence-electron chi connectivity index (χ3n) is 3.78. The summed E-state index contributed by atoms with van der Waals surface area (Å²) in [6.07, 6.45) is 0. The Balaban J connectivity index is 2.08. The van der Waals surface area contributed by atoms with Gasteiger partial charge in [-0.2, -0.15) is 13.5 Å². The van der Waals surface area contributed by atoms with Crippen molar-refractivity contribution in [3.05, 3.63) is 54.1 Å². The molecule has 27 heavy (non-hydrogen) atoms. The molecule has 5 N–H and O–H groups in total. The molecule has 0 heterocycles. The quantitative estimate of drug-likeness (QED) is 0.302.